The maximum absolute atomic E-state index is 14.7. The Hall–Kier alpha value is -2.48. The van der Waals surface area contributed by atoms with Gasteiger partial charge in [-0.15, -0.1) is 0 Å². The van der Waals surface area contributed by atoms with E-state index < -0.39 is 41.9 Å². The molecule has 0 bridgehead atoms. The highest BCUT2D eigenvalue weighted by Crippen LogP contribution is 2.32. The van der Waals surface area contributed by atoms with Gasteiger partial charge in [0.2, 0.25) is 5.91 Å². The first-order valence-electron chi connectivity index (χ1n) is 9.19. The largest absolute Gasteiger partial charge is 0.487 e. The van der Waals surface area contributed by atoms with Gasteiger partial charge in [0.25, 0.3) is 11.2 Å². The number of nitrogens with one attached hydrogen (secondary N) is 1. The number of benzene rings is 1. The highest BCUT2D eigenvalue weighted by atomic mass is 31.0. The Bertz CT molecular complexity index is 990. The first-order chi connectivity index (χ1) is 14.0. The SMILES string of the molecule is CCC(F)(F)c1nc(C2CNC(=O)C2)cc(=O)n1-c1ccc(OCC(F)(F)P)cc1. The van der Waals surface area contributed by atoms with Gasteiger partial charge in [0.05, 0.1) is 11.4 Å². The minimum atomic E-state index is -3.40. The van der Waals surface area contributed by atoms with Crippen LogP contribution in [0.15, 0.2) is 35.1 Å². The van der Waals surface area contributed by atoms with Crippen LogP contribution in [0.3, 0.4) is 0 Å². The molecule has 162 valence electrons. The number of nitrogens with zero attached hydrogens (tertiary/aromatic N) is 2. The van der Waals surface area contributed by atoms with Crippen molar-refractivity contribution in [2.75, 3.05) is 13.2 Å². The molecule has 0 saturated carbocycles. The van der Waals surface area contributed by atoms with E-state index in [2.05, 4.69) is 10.3 Å². The lowest BCUT2D eigenvalue weighted by Gasteiger charge is -2.21. The number of aromatic nitrogens is 2. The quantitative estimate of drug-likeness (QED) is 0.525. The fourth-order valence-corrected chi connectivity index (χ4v) is 3.13. The molecule has 2 heterocycles. The van der Waals surface area contributed by atoms with E-state index in [1.54, 1.807) is 0 Å². The second kappa shape index (κ2) is 8.34. The van der Waals surface area contributed by atoms with Gasteiger partial charge >= 0.3 is 5.92 Å². The van der Waals surface area contributed by atoms with Gasteiger partial charge < -0.3 is 10.1 Å². The third-order valence-electron chi connectivity index (χ3n) is 4.63. The molecule has 6 nitrogen and oxygen atoms in total. The average molecular weight is 445 g/mol. The van der Waals surface area contributed by atoms with Crippen LogP contribution in [0.1, 0.15) is 37.2 Å². The topological polar surface area (TPSA) is 73.2 Å². The zero-order valence-electron chi connectivity index (χ0n) is 16.0. The first-order valence-corrected chi connectivity index (χ1v) is 9.77. The zero-order chi connectivity index (χ0) is 22.1. The van der Waals surface area contributed by atoms with Gasteiger partial charge in [-0.3, -0.25) is 14.2 Å². The van der Waals surface area contributed by atoms with Crippen molar-refractivity contribution in [3.8, 4) is 11.4 Å². The first kappa shape index (κ1) is 22.2. The van der Waals surface area contributed by atoms with Crippen LogP contribution < -0.4 is 15.6 Å². The van der Waals surface area contributed by atoms with Crippen molar-refractivity contribution in [1.29, 1.82) is 0 Å². The second-order valence-corrected chi connectivity index (χ2v) is 7.83. The Labute approximate surface area is 171 Å². The fourth-order valence-electron chi connectivity index (χ4n) is 3.05. The lowest BCUT2D eigenvalue weighted by Crippen LogP contribution is -2.31. The van der Waals surface area contributed by atoms with Gasteiger partial charge in [-0.2, -0.15) is 17.6 Å². The monoisotopic (exact) mass is 445 g/mol. The predicted molar refractivity (Wildman–Crippen MR) is 105 cm³/mol. The van der Waals surface area contributed by atoms with Gasteiger partial charge in [-0.1, -0.05) is 16.2 Å². The molecule has 30 heavy (non-hydrogen) atoms. The third-order valence-corrected chi connectivity index (χ3v) is 4.80. The molecule has 2 unspecified atom stereocenters. The van der Waals surface area contributed by atoms with Gasteiger partial charge in [0.1, 0.15) is 5.75 Å². The van der Waals surface area contributed by atoms with Crippen LogP contribution in [0.2, 0.25) is 0 Å². The summed E-state index contributed by atoms with van der Waals surface area (Å²) in [5.74, 6) is -4.74. The summed E-state index contributed by atoms with van der Waals surface area (Å²) in [7, 11) is 1.35. The zero-order valence-corrected chi connectivity index (χ0v) is 17.2. The molecule has 1 saturated heterocycles. The van der Waals surface area contributed by atoms with Crippen molar-refractivity contribution in [2.45, 2.75) is 37.3 Å². The van der Waals surface area contributed by atoms with E-state index >= 15 is 0 Å². The summed E-state index contributed by atoms with van der Waals surface area (Å²) >= 11 is 0. The van der Waals surface area contributed by atoms with E-state index in [4.69, 9.17) is 4.74 Å². The summed E-state index contributed by atoms with van der Waals surface area (Å²) in [6, 6.07) is 6.38. The highest BCUT2D eigenvalue weighted by Gasteiger charge is 2.37. The van der Waals surface area contributed by atoms with E-state index in [1.165, 1.54) is 40.4 Å². The minimum absolute atomic E-state index is 0.0694. The van der Waals surface area contributed by atoms with Crippen molar-refractivity contribution < 1.29 is 27.1 Å². The number of rotatable bonds is 7. The average Bonchev–Trinajstić information content (AvgIpc) is 3.12. The molecule has 2 atom stereocenters. The molecule has 0 aliphatic carbocycles. The van der Waals surface area contributed by atoms with Crippen molar-refractivity contribution in [1.82, 2.24) is 14.9 Å². The lowest BCUT2D eigenvalue weighted by atomic mass is 10.0. The Morgan fingerprint density at radius 1 is 1.23 bits per heavy atom. The third kappa shape index (κ3) is 4.98. The number of carbonyl (C=O) groups excluding carboxylic acids is 1. The molecule has 1 fully saturated rings. The van der Waals surface area contributed by atoms with Crippen molar-refractivity contribution >= 4 is 15.1 Å². The molecule has 1 N–H and O–H groups in total. The number of ether oxygens (including phenoxy) is 1. The van der Waals surface area contributed by atoms with Crippen LogP contribution in [-0.4, -0.2) is 34.3 Å². The Morgan fingerprint density at radius 2 is 1.90 bits per heavy atom. The summed E-state index contributed by atoms with van der Waals surface area (Å²) < 4.78 is 60.9. The summed E-state index contributed by atoms with van der Waals surface area (Å²) in [5, 5.41) is 2.59. The van der Waals surface area contributed by atoms with Gasteiger partial charge in [0, 0.05) is 31.4 Å². The molecule has 2 aromatic rings. The standard InChI is InChI=1S/C19H20F4N3O3P/c1-2-18(20,21)17-25-14(11-7-15(27)24-9-11)8-16(28)26(17)12-3-5-13(6-4-12)29-10-19(22,23)30/h3-6,8,11H,2,7,9-10,30H2,1H3,(H,24,27). The van der Waals surface area contributed by atoms with Gasteiger partial charge in [-0.05, 0) is 24.3 Å². The van der Waals surface area contributed by atoms with E-state index in [0.29, 0.717) is 0 Å². The van der Waals surface area contributed by atoms with Crippen LogP contribution in [0, 0.1) is 0 Å². The molecule has 1 aliphatic rings. The molecular formula is C19H20F4N3O3P. The summed E-state index contributed by atoms with van der Waals surface area (Å²) in [6.07, 6.45) is -0.519. The smallest absolute Gasteiger partial charge is 0.305 e. The maximum Gasteiger partial charge on any atom is 0.305 e. The number of hydrogen-bond acceptors (Lipinski definition) is 4. The Balaban J connectivity index is 2.01. The second-order valence-electron chi connectivity index (χ2n) is 6.98. The van der Waals surface area contributed by atoms with E-state index in [-0.39, 0.29) is 36.0 Å². The lowest BCUT2D eigenvalue weighted by molar-refractivity contribution is -0.119. The summed E-state index contributed by atoms with van der Waals surface area (Å²) in [4.78, 5) is 28.3. The maximum atomic E-state index is 14.7. The number of carbonyl (C=O) groups is 1. The molecule has 1 aliphatic heterocycles. The van der Waals surface area contributed by atoms with Crippen LogP contribution in [0.4, 0.5) is 17.6 Å². The highest BCUT2D eigenvalue weighted by molar-refractivity contribution is 7.18. The van der Waals surface area contributed by atoms with E-state index in [0.717, 1.165) is 10.6 Å². The predicted octanol–water partition coefficient (Wildman–Crippen LogP) is 3.18. The molecule has 1 amide bonds. The van der Waals surface area contributed by atoms with Crippen molar-refractivity contribution in [2.24, 2.45) is 0 Å². The van der Waals surface area contributed by atoms with E-state index in [9.17, 15) is 27.2 Å². The molecule has 1 aromatic heterocycles. The van der Waals surface area contributed by atoms with Crippen molar-refractivity contribution in [3.05, 3.63) is 52.2 Å². The number of hydrogen-bond donors (Lipinski definition) is 1. The Morgan fingerprint density at radius 3 is 2.43 bits per heavy atom. The number of alkyl halides is 4. The molecule has 0 spiro atoms. The van der Waals surface area contributed by atoms with Crippen LogP contribution >= 0.6 is 9.24 Å². The number of halogens is 4. The Kier molecular flexibility index (Phi) is 6.17. The fraction of sp³-hybridized carbons (Fsp3) is 0.421. The molecule has 11 heteroatoms. The summed E-state index contributed by atoms with van der Waals surface area (Å²) in [5.41, 5.74) is -3.62. The molecule has 3 rings (SSSR count). The normalized spacial score (nSPS) is 17.1. The molecule has 1 aromatic carbocycles. The molecular weight excluding hydrogens is 425 g/mol. The van der Waals surface area contributed by atoms with Crippen LogP contribution in [0.5, 0.6) is 5.75 Å². The van der Waals surface area contributed by atoms with Gasteiger partial charge in [-0.25, -0.2) is 4.98 Å². The van der Waals surface area contributed by atoms with Gasteiger partial charge in [0.15, 0.2) is 12.4 Å². The summed E-state index contributed by atoms with van der Waals surface area (Å²) in [6.45, 7) is 0.614. The van der Waals surface area contributed by atoms with Crippen LogP contribution in [-0.2, 0) is 10.7 Å². The van der Waals surface area contributed by atoms with E-state index in [1.807, 2.05) is 0 Å². The number of amides is 1. The van der Waals surface area contributed by atoms with Crippen LogP contribution in [0.25, 0.3) is 5.69 Å². The van der Waals surface area contributed by atoms with Crippen molar-refractivity contribution in [3.63, 3.8) is 0 Å². The minimum Gasteiger partial charge on any atom is -0.487 e. The molecule has 0 radical (unpaired) electrons.